The Bertz CT molecular complexity index is 451. The van der Waals surface area contributed by atoms with Gasteiger partial charge in [0, 0.05) is 12.4 Å². The SMILES string of the molecule is CCC(C#N)S(=O)(=O)Nc1cnccn1. The van der Waals surface area contributed by atoms with Crippen LogP contribution in [0, 0.1) is 11.3 Å². The van der Waals surface area contributed by atoms with Crippen LogP contribution >= 0.6 is 0 Å². The summed E-state index contributed by atoms with van der Waals surface area (Å²) in [5.74, 6) is 0.117. The Kier molecular flexibility index (Phi) is 3.57. The fourth-order valence-corrected chi connectivity index (χ4v) is 2.07. The second-order valence-electron chi connectivity index (χ2n) is 2.76. The smallest absolute Gasteiger partial charge is 0.250 e. The predicted octanol–water partition coefficient (Wildman–Crippen LogP) is 0.520. The lowest BCUT2D eigenvalue weighted by atomic mass is 10.4. The van der Waals surface area contributed by atoms with Gasteiger partial charge in [0.15, 0.2) is 11.1 Å². The summed E-state index contributed by atoms with van der Waals surface area (Å²) in [5, 5.41) is 7.56. The van der Waals surface area contributed by atoms with Gasteiger partial charge >= 0.3 is 0 Å². The van der Waals surface area contributed by atoms with E-state index < -0.39 is 15.3 Å². The van der Waals surface area contributed by atoms with Crippen molar-refractivity contribution in [3.8, 4) is 6.07 Å². The summed E-state index contributed by atoms with van der Waals surface area (Å²) in [7, 11) is -3.69. The van der Waals surface area contributed by atoms with Crippen LogP contribution in [-0.4, -0.2) is 23.6 Å². The van der Waals surface area contributed by atoms with Gasteiger partial charge in [-0.25, -0.2) is 13.4 Å². The topological polar surface area (TPSA) is 95.7 Å². The van der Waals surface area contributed by atoms with E-state index in [0.29, 0.717) is 0 Å². The minimum absolute atomic E-state index is 0.117. The van der Waals surface area contributed by atoms with E-state index in [0.717, 1.165) is 0 Å². The van der Waals surface area contributed by atoms with Gasteiger partial charge in [0.25, 0.3) is 0 Å². The first-order valence-corrected chi connectivity index (χ1v) is 5.82. The number of nitrogens with one attached hydrogen (secondary N) is 1. The largest absolute Gasteiger partial charge is 0.265 e. The third kappa shape index (κ3) is 2.89. The van der Waals surface area contributed by atoms with Gasteiger partial charge in [0.2, 0.25) is 10.0 Å². The zero-order valence-electron chi connectivity index (χ0n) is 8.08. The highest BCUT2D eigenvalue weighted by molar-refractivity contribution is 7.93. The maximum Gasteiger partial charge on any atom is 0.250 e. The monoisotopic (exact) mass is 226 g/mol. The van der Waals surface area contributed by atoms with Crippen molar-refractivity contribution in [2.75, 3.05) is 4.72 Å². The van der Waals surface area contributed by atoms with Crippen molar-refractivity contribution in [1.82, 2.24) is 9.97 Å². The summed E-state index contributed by atoms with van der Waals surface area (Å²) in [6, 6.07) is 1.71. The van der Waals surface area contributed by atoms with Crippen molar-refractivity contribution in [3.63, 3.8) is 0 Å². The van der Waals surface area contributed by atoms with Crippen LogP contribution in [0.1, 0.15) is 13.3 Å². The first-order chi connectivity index (χ1) is 7.10. The van der Waals surface area contributed by atoms with Crippen LogP contribution in [0.25, 0.3) is 0 Å². The van der Waals surface area contributed by atoms with Crippen molar-refractivity contribution in [1.29, 1.82) is 5.26 Å². The molecule has 1 unspecified atom stereocenters. The number of sulfonamides is 1. The third-order valence-corrected chi connectivity index (χ3v) is 3.38. The molecular weight excluding hydrogens is 216 g/mol. The molecule has 0 spiro atoms. The van der Waals surface area contributed by atoms with Crippen molar-refractivity contribution >= 4 is 15.8 Å². The summed E-state index contributed by atoms with van der Waals surface area (Å²) in [6.07, 6.45) is 4.30. The molecule has 15 heavy (non-hydrogen) atoms. The highest BCUT2D eigenvalue weighted by Crippen LogP contribution is 2.09. The lowest BCUT2D eigenvalue weighted by Crippen LogP contribution is -2.26. The molecule has 0 saturated carbocycles. The van der Waals surface area contributed by atoms with E-state index in [-0.39, 0.29) is 12.2 Å². The summed E-state index contributed by atoms with van der Waals surface area (Å²) in [5.41, 5.74) is 0. The Labute approximate surface area is 88.0 Å². The van der Waals surface area contributed by atoms with Crippen LogP contribution in [0.15, 0.2) is 18.6 Å². The van der Waals surface area contributed by atoms with Gasteiger partial charge in [-0.2, -0.15) is 5.26 Å². The second kappa shape index (κ2) is 4.70. The molecule has 1 atom stereocenters. The first kappa shape index (κ1) is 11.4. The normalized spacial score (nSPS) is 12.8. The van der Waals surface area contributed by atoms with E-state index in [4.69, 9.17) is 5.26 Å². The van der Waals surface area contributed by atoms with Crippen LogP contribution in [0.4, 0.5) is 5.82 Å². The van der Waals surface area contributed by atoms with Gasteiger partial charge in [-0.1, -0.05) is 6.92 Å². The molecule has 7 heteroatoms. The molecule has 1 rings (SSSR count). The van der Waals surface area contributed by atoms with Gasteiger partial charge in [-0.3, -0.25) is 9.71 Å². The van der Waals surface area contributed by atoms with Gasteiger partial charge < -0.3 is 0 Å². The highest BCUT2D eigenvalue weighted by Gasteiger charge is 2.23. The van der Waals surface area contributed by atoms with Gasteiger partial charge in [0.1, 0.15) is 0 Å². The number of rotatable bonds is 4. The Hall–Kier alpha value is -1.68. The van der Waals surface area contributed by atoms with Crippen molar-refractivity contribution in [2.24, 2.45) is 0 Å². The minimum atomic E-state index is -3.69. The van der Waals surface area contributed by atoms with Gasteiger partial charge in [-0.05, 0) is 6.42 Å². The molecule has 0 amide bonds. The average molecular weight is 226 g/mol. The van der Waals surface area contributed by atoms with Crippen molar-refractivity contribution in [2.45, 2.75) is 18.6 Å². The lowest BCUT2D eigenvalue weighted by molar-refractivity contribution is 0.592. The van der Waals surface area contributed by atoms with Crippen LogP contribution in [0.3, 0.4) is 0 Å². The van der Waals surface area contributed by atoms with Crippen LogP contribution < -0.4 is 4.72 Å². The molecule has 0 aliphatic rings. The Morgan fingerprint density at radius 2 is 2.33 bits per heavy atom. The maximum atomic E-state index is 11.6. The molecule has 0 aliphatic carbocycles. The molecular formula is C8H10N4O2S. The quantitative estimate of drug-likeness (QED) is 0.807. The average Bonchev–Trinajstić information content (AvgIpc) is 2.19. The van der Waals surface area contributed by atoms with E-state index in [1.54, 1.807) is 13.0 Å². The number of anilines is 1. The molecule has 6 nitrogen and oxygen atoms in total. The van der Waals surface area contributed by atoms with E-state index in [9.17, 15) is 8.42 Å². The van der Waals surface area contributed by atoms with Crippen molar-refractivity contribution < 1.29 is 8.42 Å². The minimum Gasteiger partial charge on any atom is -0.265 e. The van der Waals surface area contributed by atoms with E-state index >= 15 is 0 Å². The summed E-state index contributed by atoms with van der Waals surface area (Å²) in [4.78, 5) is 7.46. The summed E-state index contributed by atoms with van der Waals surface area (Å²) >= 11 is 0. The Morgan fingerprint density at radius 1 is 1.60 bits per heavy atom. The van der Waals surface area contributed by atoms with Crippen molar-refractivity contribution in [3.05, 3.63) is 18.6 Å². The standard InChI is InChI=1S/C8H10N4O2S/c1-2-7(5-9)15(13,14)12-8-6-10-3-4-11-8/h3-4,6-7H,2H2,1H3,(H,11,12). The molecule has 80 valence electrons. The summed E-state index contributed by atoms with van der Waals surface area (Å²) in [6.45, 7) is 1.63. The van der Waals surface area contributed by atoms with Crippen LogP contribution in [0.2, 0.25) is 0 Å². The fourth-order valence-electron chi connectivity index (χ4n) is 0.949. The molecule has 0 saturated heterocycles. The Balaban J connectivity index is 2.87. The number of hydrogen-bond donors (Lipinski definition) is 1. The van der Waals surface area contributed by atoms with Crippen LogP contribution in [0.5, 0.6) is 0 Å². The number of nitrogens with zero attached hydrogens (tertiary/aromatic N) is 3. The van der Waals surface area contributed by atoms with Gasteiger partial charge in [-0.15, -0.1) is 0 Å². The van der Waals surface area contributed by atoms with E-state index in [2.05, 4.69) is 14.7 Å². The van der Waals surface area contributed by atoms with Crippen LogP contribution in [-0.2, 0) is 10.0 Å². The molecule has 0 radical (unpaired) electrons. The maximum absolute atomic E-state index is 11.6. The second-order valence-corrected chi connectivity index (χ2v) is 4.63. The number of hydrogen-bond acceptors (Lipinski definition) is 5. The number of aromatic nitrogens is 2. The first-order valence-electron chi connectivity index (χ1n) is 4.27. The molecule has 1 aromatic rings. The highest BCUT2D eigenvalue weighted by atomic mass is 32.2. The molecule has 1 N–H and O–H groups in total. The number of nitriles is 1. The molecule has 0 fully saturated rings. The van der Waals surface area contributed by atoms with Gasteiger partial charge in [0.05, 0.1) is 12.3 Å². The lowest BCUT2D eigenvalue weighted by Gasteiger charge is -2.09. The molecule has 1 heterocycles. The van der Waals surface area contributed by atoms with E-state index in [1.807, 2.05) is 0 Å². The Morgan fingerprint density at radius 3 is 2.80 bits per heavy atom. The zero-order valence-corrected chi connectivity index (χ0v) is 8.90. The molecule has 1 aromatic heterocycles. The summed E-state index contributed by atoms with van der Waals surface area (Å²) < 4.78 is 25.3. The zero-order chi connectivity index (χ0) is 11.3. The van der Waals surface area contributed by atoms with E-state index in [1.165, 1.54) is 18.6 Å². The fraction of sp³-hybridized carbons (Fsp3) is 0.375. The predicted molar refractivity (Wildman–Crippen MR) is 54.3 cm³/mol. The third-order valence-electron chi connectivity index (χ3n) is 1.70. The molecule has 0 aromatic carbocycles. The molecule has 0 aliphatic heterocycles. The molecule has 0 bridgehead atoms.